The fraction of sp³-hybridized carbons (Fsp3) is 0.160. The van der Waals surface area contributed by atoms with Crippen LogP contribution in [0.15, 0.2) is 95.1 Å². The maximum absolute atomic E-state index is 12.9. The second-order valence-electron chi connectivity index (χ2n) is 7.63. The first-order valence-electron chi connectivity index (χ1n) is 9.32. The van der Waals surface area contributed by atoms with Gasteiger partial charge in [0.2, 0.25) is 5.78 Å². The Morgan fingerprint density at radius 3 is 1.82 bits per heavy atom. The van der Waals surface area contributed by atoms with Crippen LogP contribution < -0.4 is 0 Å². The van der Waals surface area contributed by atoms with Crippen LogP contribution in [0.3, 0.4) is 0 Å². The third-order valence-electron chi connectivity index (χ3n) is 4.44. The van der Waals surface area contributed by atoms with Crippen LogP contribution >= 0.6 is 0 Å². The van der Waals surface area contributed by atoms with Crippen LogP contribution in [0.5, 0.6) is 0 Å². The monoisotopic (exact) mass is 368 g/mol. The molecule has 0 atom stereocenters. The molecule has 0 heterocycles. The molecule has 0 amide bonds. The van der Waals surface area contributed by atoms with E-state index in [0.717, 1.165) is 11.1 Å². The van der Waals surface area contributed by atoms with Gasteiger partial charge in [-0.15, -0.1) is 5.10 Å². The van der Waals surface area contributed by atoms with E-state index >= 15 is 0 Å². The van der Waals surface area contributed by atoms with Crippen molar-refractivity contribution in [2.75, 3.05) is 0 Å². The van der Waals surface area contributed by atoms with Gasteiger partial charge in [0.05, 0.1) is 6.21 Å². The second kappa shape index (κ2) is 8.57. The van der Waals surface area contributed by atoms with Gasteiger partial charge in [-0.05, 0) is 16.5 Å². The SMILES string of the molecule is CC(C)(C)c1ccc(/C=N/N=C(/C(=O)c2ccccc2)c2ccccc2)cc1. The Morgan fingerprint density at radius 2 is 1.29 bits per heavy atom. The predicted molar refractivity (Wildman–Crippen MR) is 116 cm³/mol. The summed E-state index contributed by atoms with van der Waals surface area (Å²) in [5.74, 6) is -0.146. The Labute approximate surface area is 166 Å². The summed E-state index contributed by atoms with van der Waals surface area (Å²) in [6.07, 6.45) is 1.67. The van der Waals surface area contributed by atoms with E-state index in [4.69, 9.17) is 0 Å². The normalized spacial score (nSPS) is 12.3. The first kappa shape index (κ1) is 19.4. The number of Topliss-reactive ketones (excluding diaryl/α,β-unsaturated/α-hetero) is 1. The minimum atomic E-state index is -0.146. The van der Waals surface area contributed by atoms with Gasteiger partial charge in [0.1, 0.15) is 5.71 Å². The number of carbonyl (C=O) groups excluding carboxylic acids is 1. The molecule has 0 aromatic heterocycles. The Balaban J connectivity index is 1.89. The molecule has 3 heteroatoms. The fourth-order valence-corrected chi connectivity index (χ4v) is 2.78. The number of nitrogens with zero attached hydrogens (tertiary/aromatic N) is 2. The summed E-state index contributed by atoms with van der Waals surface area (Å²) >= 11 is 0. The third kappa shape index (κ3) is 4.89. The quantitative estimate of drug-likeness (QED) is 0.324. The van der Waals surface area contributed by atoms with Gasteiger partial charge in [-0.3, -0.25) is 4.79 Å². The number of hydrogen-bond donors (Lipinski definition) is 0. The molecule has 0 saturated heterocycles. The minimum absolute atomic E-state index is 0.108. The van der Waals surface area contributed by atoms with Crippen LogP contribution in [0.4, 0.5) is 0 Å². The summed E-state index contributed by atoms with van der Waals surface area (Å²) in [6, 6.07) is 26.8. The lowest BCUT2D eigenvalue weighted by atomic mass is 9.87. The maximum atomic E-state index is 12.9. The maximum Gasteiger partial charge on any atom is 0.213 e. The standard InChI is InChI=1S/C25H24N2O/c1-25(2,3)22-16-14-19(15-17-22)18-26-27-23(20-10-6-4-7-11-20)24(28)21-12-8-5-9-13-21/h4-18H,1-3H3/b26-18+,27-23+. The highest BCUT2D eigenvalue weighted by Crippen LogP contribution is 2.21. The molecule has 3 aromatic rings. The zero-order valence-electron chi connectivity index (χ0n) is 16.5. The van der Waals surface area contributed by atoms with Crippen LogP contribution in [-0.4, -0.2) is 17.7 Å². The van der Waals surface area contributed by atoms with Gasteiger partial charge in [0, 0.05) is 11.1 Å². The van der Waals surface area contributed by atoms with Gasteiger partial charge in [0.25, 0.3) is 0 Å². The number of carbonyl (C=O) groups is 1. The predicted octanol–water partition coefficient (Wildman–Crippen LogP) is 5.69. The zero-order valence-corrected chi connectivity index (χ0v) is 16.5. The van der Waals surface area contributed by atoms with Gasteiger partial charge in [-0.1, -0.05) is 106 Å². The van der Waals surface area contributed by atoms with E-state index in [2.05, 4.69) is 43.1 Å². The molecule has 140 valence electrons. The summed E-state index contributed by atoms with van der Waals surface area (Å²) in [5, 5.41) is 8.47. The van der Waals surface area contributed by atoms with Crippen molar-refractivity contribution < 1.29 is 4.79 Å². The van der Waals surface area contributed by atoms with E-state index in [1.54, 1.807) is 18.3 Å². The molecular formula is C25H24N2O. The van der Waals surface area contributed by atoms with E-state index in [1.165, 1.54) is 5.56 Å². The average Bonchev–Trinajstić information content (AvgIpc) is 2.72. The van der Waals surface area contributed by atoms with E-state index in [0.29, 0.717) is 11.3 Å². The molecule has 0 aliphatic heterocycles. The molecule has 3 nitrogen and oxygen atoms in total. The number of benzene rings is 3. The van der Waals surface area contributed by atoms with Gasteiger partial charge < -0.3 is 0 Å². The molecule has 3 rings (SSSR count). The molecule has 0 spiro atoms. The van der Waals surface area contributed by atoms with Gasteiger partial charge in [-0.2, -0.15) is 5.10 Å². The van der Waals surface area contributed by atoms with Crippen molar-refractivity contribution in [3.63, 3.8) is 0 Å². The first-order valence-corrected chi connectivity index (χ1v) is 9.32. The number of rotatable bonds is 5. The zero-order chi connectivity index (χ0) is 20.0. The first-order chi connectivity index (χ1) is 13.4. The molecule has 0 fully saturated rings. The molecule has 0 saturated carbocycles. The minimum Gasteiger partial charge on any atom is -0.287 e. The second-order valence-corrected chi connectivity index (χ2v) is 7.63. The van der Waals surface area contributed by atoms with E-state index in [-0.39, 0.29) is 11.2 Å². The number of ketones is 1. The Kier molecular flexibility index (Phi) is 5.95. The van der Waals surface area contributed by atoms with Crippen molar-refractivity contribution in [1.29, 1.82) is 0 Å². The third-order valence-corrected chi connectivity index (χ3v) is 4.44. The summed E-state index contributed by atoms with van der Waals surface area (Å²) in [5.41, 5.74) is 3.98. The van der Waals surface area contributed by atoms with Gasteiger partial charge in [0.15, 0.2) is 0 Å². The Morgan fingerprint density at radius 1 is 0.750 bits per heavy atom. The largest absolute Gasteiger partial charge is 0.287 e. The Bertz CT molecular complexity index is 980. The lowest BCUT2D eigenvalue weighted by Crippen LogP contribution is -2.15. The van der Waals surface area contributed by atoms with Crippen LogP contribution in [0.25, 0.3) is 0 Å². The smallest absolute Gasteiger partial charge is 0.213 e. The topological polar surface area (TPSA) is 41.8 Å². The highest BCUT2D eigenvalue weighted by atomic mass is 16.1. The summed E-state index contributed by atoms with van der Waals surface area (Å²) in [7, 11) is 0. The molecule has 0 radical (unpaired) electrons. The highest BCUT2D eigenvalue weighted by Gasteiger charge is 2.16. The molecule has 0 N–H and O–H groups in total. The van der Waals surface area contributed by atoms with E-state index in [9.17, 15) is 4.79 Å². The van der Waals surface area contributed by atoms with Crippen molar-refractivity contribution >= 4 is 17.7 Å². The summed E-state index contributed by atoms with van der Waals surface area (Å²) in [6.45, 7) is 6.55. The number of hydrogen-bond acceptors (Lipinski definition) is 3. The van der Waals surface area contributed by atoms with Crippen molar-refractivity contribution in [3.05, 3.63) is 107 Å². The molecule has 0 aliphatic rings. The molecule has 0 bridgehead atoms. The van der Waals surface area contributed by atoms with Gasteiger partial charge >= 0.3 is 0 Å². The summed E-state index contributed by atoms with van der Waals surface area (Å²) in [4.78, 5) is 12.9. The van der Waals surface area contributed by atoms with Crippen LogP contribution in [-0.2, 0) is 5.41 Å². The van der Waals surface area contributed by atoms with E-state index < -0.39 is 0 Å². The molecule has 0 unspecified atom stereocenters. The summed E-state index contributed by atoms with van der Waals surface area (Å²) < 4.78 is 0. The van der Waals surface area contributed by atoms with Gasteiger partial charge in [-0.25, -0.2) is 0 Å². The van der Waals surface area contributed by atoms with E-state index in [1.807, 2.05) is 60.7 Å². The molecule has 0 aliphatic carbocycles. The molecule has 3 aromatic carbocycles. The van der Waals surface area contributed by atoms with Crippen molar-refractivity contribution in [2.24, 2.45) is 10.2 Å². The molecular weight excluding hydrogens is 344 g/mol. The van der Waals surface area contributed by atoms with Crippen molar-refractivity contribution in [2.45, 2.75) is 26.2 Å². The van der Waals surface area contributed by atoms with Crippen molar-refractivity contribution in [3.8, 4) is 0 Å². The Hall–Kier alpha value is -3.33. The lowest BCUT2D eigenvalue weighted by Gasteiger charge is -2.18. The van der Waals surface area contributed by atoms with Crippen molar-refractivity contribution in [1.82, 2.24) is 0 Å². The molecule has 28 heavy (non-hydrogen) atoms. The van der Waals surface area contributed by atoms with Crippen LogP contribution in [0.2, 0.25) is 0 Å². The highest BCUT2D eigenvalue weighted by molar-refractivity contribution is 6.51. The lowest BCUT2D eigenvalue weighted by molar-refractivity contribution is 0.106. The van der Waals surface area contributed by atoms with Crippen LogP contribution in [0.1, 0.15) is 47.8 Å². The fourth-order valence-electron chi connectivity index (χ4n) is 2.78. The average molecular weight is 368 g/mol. The van der Waals surface area contributed by atoms with Crippen LogP contribution in [0, 0.1) is 0 Å².